The number of nitrogens with one attached hydrogen (secondary N) is 1. The molecule has 0 aromatic heterocycles. The quantitative estimate of drug-likeness (QED) is 0.751. The van der Waals surface area contributed by atoms with E-state index in [0.717, 1.165) is 27.2 Å². The van der Waals surface area contributed by atoms with Crippen LogP contribution in [0.1, 0.15) is 45.5 Å². The molecule has 2 aromatic carbocycles. The molecule has 0 saturated carbocycles. The fourth-order valence-corrected chi connectivity index (χ4v) is 4.22. The number of imide groups is 1. The second kappa shape index (κ2) is 8.34. The maximum atomic E-state index is 12.8. The van der Waals surface area contributed by atoms with E-state index in [2.05, 4.69) is 5.32 Å². The average molecular weight is 419 g/mol. The highest BCUT2D eigenvalue weighted by atomic mass is 16.2. The van der Waals surface area contributed by atoms with E-state index in [9.17, 15) is 19.2 Å². The minimum atomic E-state index is -0.611. The monoisotopic (exact) mass is 419 g/mol. The standard InChI is InChI=1S/C24H25N3O4/c1-15-4-3-5-16(10-15)12-21(28)25-13-17-6-7-19-18(11-17)14-27(23(19)30)20-8-9-22(29)26(2)24(20)31/h3-7,10-11,20H,8-9,12-14H2,1-2H3,(H,25,28). The Labute approximate surface area is 181 Å². The molecule has 1 N–H and O–H groups in total. The van der Waals surface area contributed by atoms with E-state index in [1.54, 1.807) is 11.0 Å². The van der Waals surface area contributed by atoms with Crippen molar-refractivity contribution in [3.8, 4) is 0 Å². The summed E-state index contributed by atoms with van der Waals surface area (Å²) in [5.74, 6) is -0.800. The molecule has 2 aliphatic rings. The normalized spacial score (nSPS) is 18.4. The summed E-state index contributed by atoms with van der Waals surface area (Å²) in [5.41, 5.74) is 4.39. The zero-order chi connectivity index (χ0) is 22.1. The van der Waals surface area contributed by atoms with E-state index in [-0.39, 0.29) is 30.0 Å². The van der Waals surface area contributed by atoms with Crippen LogP contribution in [-0.4, -0.2) is 46.5 Å². The molecule has 2 heterocycles. The van der Waals surface area contributed by atoms with E-state index >= 15 is 0 Å². The van der Waals surface area contributed by atoms with Gasteiger partial charge in [0.1, 0.15) is 6.04 Å². The summed E-state index contributed by atoms with van der Waals surface area (Å²) in [4.78, 5) is 52.0. The summed E-state index contributed by atoms with van der Waals surface area (Å²) in [7, 11) is 1.46. The van der Waals surface area contributed by atoms with Crippen molar-refractivity contribution >= 4 is 23.6 Å². The molecule has 2 aliphatic heterocycles. The van der Waals surface area contributed by atoms with Crippen LogP contribution in [0.15, 0.2) is 42.5 Å². The number of carbonyl (C=O) groups excluding carboxylic acids is 4. The predicted octanol–water partition coefficient (Wildman–Crippen LogP) is 1.96. The second-order valence-corrected chi connectivity index (χ2v) is 8.21. The van der Waals surface area contributed by atoms with Crippen molar-refractivity contribution in [3.63, 3.8) is 0 Å². The zero-order valence-corrected chi connectivity index (χ0v) is 17.7. The SMILES string of the molecule is Cc1cccc(CC(=O)NCc2ccc3c(c2)CN(C2CCC(=O)N(C)C2=O)C3=O)c1. The molecule has 4 rings (SSSR count). The highest BCUT2D eigenvalue weighted by Crippen LogP contribution is 2.29. The lowest BCUT2D eigenvalue weighted by atomic mass is 10.0. The molecular weight excluding hydrogens is 394 g/mol. The zero-order valence-electron chi connectivity index (χ0n) is 17.7. The third-order valence-electron chi connectivity index (χ3n) is 5.94. The Morgan fingerprint density at radius 3 is 2.68 bits per heavy atom. The van der Waals surface area contributed by atoms with E-state index < -0.39 is 6.04 Å². The summed E-state index contributed by atoms with van der Waals surface area (Å²) in [6, 6.07) is 12.7. The van der Waals surface area contributed by atoms with Crippen LogP contribution in [-0.2, 0) is 33.9 Å². The van der Waals surface area contributed by atoms with Gasteiger partial charge in [-0.25, -0.2) is 0 Å². The molecule has 0 radical (unpaired) electrons. The maximum Gasteiger partial charge on any atom is 0.255 e. The van der Waals surface area contributed by atoms with Gasteiger partial charge in [0.15, 0.2) is 0 Å². The van der Waals surface area contributed by atoms with Crippen LogP contribution in [0, 0.1) is 6.92 Å². The second-order valence-electron chi connectivity index (χ2n) is 8.21. The lowest BCUT2D eigenvalue weighted by molar-refractivity contribution is -0.150. The molecule has 4 amide bonds. The number of aryl methyl sites for hydroxylation is 1. The van der Waals surface area contributed by atoms with Gasteiger partial charge in [-0.15, -0.1) is 0 Å². The molecule has 1 saturated heterocycles. The summed E-state index contributed by atoms with van der Waals surface area (Å²) in [6.45, 7) is 2.69. The molecule has 0 bridgehead atoms. The molecule has 7 heteroatoms. The number of benzene rings is 2. The Balaban J connectivity index is 1.40. The molecule has 1 fully saturated rings. The molecular formula is C24H25N3O4. The van der Waals surface area contributed by atoms with Crippen molar-refractivity contribution in [2.45, 2.75) is 45.3 Å². The van der Waals surface area contributed by atoms with Gasteiger partial charge in [-0.2, -0.15) is 0 Å². The molecule has 31 heavy (non-hydrogen) atoms. The van der Waals surface area contributed by atoms with Crippen molar-refractivity contribution in [2.24, 2.45) is 0 Å². The number of nitrogens with zero attached hydrogens (tertiary/aromatic N) is 2. The third-order valence-corrected chi connectivity index (χ3v) is 5.94. The van der Waals surface area contributed by atoms with Crippen molar-refractivity contribution in [1.82, 2.24) is 15.1 Å². The molecule has 1 atom stereocenters. The van der Waals surface area contributed by atoms with Crippen LogP contribution >= 0.6 is 0 Å². The smallest absolute Gasteiger partial charge is 0.255 e. The average Bonchev–Trinajstić information content (AvgIpc) is 3.06. The Morgan fingerprint density at radius 1 is 1.10 bits per heavy atom. The molecule has 0 aliphatic carbocycles. The number of fused-ring (bicyclic) bond motifs is 1. The van der Waals surface area contributed by atoms with E-state index in [1.165, 1.54) is 7.05 Å². The first-order valence-electron chi connectivity index (χ1n) is 10.4. The fraction of sp³-hybridized carbons (Fsp3) is 0.333. The fourth-order valence-electron chi connectivity index (χ4n) is 4.22. The number of carbonyl (C=O) groups is 4. The lowest BCUT2D eigenvalue weighted by Crippen LogP contribution is -2.53. The van der Waals surface area contributed by atoms with Crippen molar-refractivity contribution in [2.75, 3.05) is 7.05 Å². The summed E-state index contributed by atoms with van der Waals surface area (Å²) >= 11 is 0. The summed E-state index contributed by atoms with van der Waals surface area (Å²) in [6.07, 6.45) is 0.920. The van der Waals surface area contributed by atoms with Crippen LogP contribution in [0.5, 0.6) is 0 Å². The number of amides is 4. The number of piperidine rings is 1. The molecule has 1 unspecified atom stereocenters. The summed E-state index contributed by atoms with van der Waals surface area (Å²) in [5, 5.41) is 2.93. The Morgan fingerprint density at radius 2 is 1.90 bits per heavy atom. The topological polar surface area (TPSA) is 86.8 Å². The van der Waals surface area contributed by atoms with Gasteiger partial charge in [0.05, 0.1) is 6.42 Å². The predicted molar refractivity (Wildman–Crippen MR) is 114 cm³/mol. The van der Waals surface area contributed by atoms with Gasteiger partial charge < -0.3 is 10.2 Å². The van der Waals surface area contributed by atoms with Crippen LogP contribution < -0.4 is 5.32 Å². The van der Waals surface area contributed by atoms with Gasteiger partial charge in [0.2, 0.25) is 11.8 Å². The summed E-state index contributed by atoms with van der Waals surface area (Å²) < 4.78 is 0. The first kappa shape index (κ1) is 20.8. The maximum absolute atomic E-state index is 12.8. The lowest BCUT2D eigenvalue weighted by Gasteiger charge is -2.33. The van der Waals surface area contributed by atoms with Crippen LogP contribution in [0.2, 0.25) is 0 Å². The number of hydrogen-bond donors (Lipinski definition) is 1. The molecule has 160 valence electrons. The number of rotatable bonds is 5. The minimum Gasteiger partial charge on any atom is -0.352 e. The first-order valence-corrected chi connectivity index (χ1v) is 10.4. The van der Waals surface area contributed by atoms with Gasteiger partial charge in [0.25, 0.3) is 11.8 Å². The number of likely N-dealkylation sites (tertiary alicyclic amines) is 1. The third kappa shape index (κ3) is 4.21. The van der Waals surface area contributed by atoms with E-state index in [1.807, 2.05) is 43.3 Å². The minimum absolute atomic E-state index is 0.0655. The Hall–Kier alpha value is -3.48. The van der Waals surface area contributed by atoms with Crippen LogP contribution in [0.25, 0.3) is 0 Å². The van der Waals surface area contributed by atoms with Crippen LogP contribution in [0.3, 0.4) is 0 Å². The van der Waals surface area contributed by atoms with Gasteiger partial charge in [-0.1, -0.05) is 42.0 Å². The van der Waals surface area contributed by atoms with Crippen molar-refractivity contribution in [1.29, 1.82) is 0 Å². The van der Waals surface area contributed by atoms with E-state index in [4.69, 9.17) is 0 Å². The van der Waals surface area contributed by atoms with Crippen molar-refractivity contribution < 1.29 is 19.2 Å². The molecule has 7 nitrogen and oxygen atoms in total. The van der Waals surface area contributed by atoms with E-state index in [0.29, 0.717) is 31.5 Å². The van der Waals surface area contributed by atoms with Gasteiger partial charge in [-0.05, 0) is 36.1 Å². The Kier molecular flexibility index (Phi) is 5.59. The highest BCUT2D eigenvalue weighted by Gasteiger charge is 2.41. The Bertz CT molecular complexity index is 1080. The largest absolute Gasteiger partial charge is 0.352 e. The highest BCUT2D eigenvalue weighted by molar-refractivity contribution is 6.05. The van der Waals surface area contributed by atoms with Gasteiger partial charge >= 0.3 is 0 Å². The van der Waals surface area contributed by atoms with Gasteiger partial charge in [0, 0.05) is 32.1 Å². The van der Waals surface area contributed by atoms with Crippen LogP contribution in [0.4, 0.5) is 0 Å². The number of likely N-dealkylation sites (N-methyl/N-ethyl adjacent to an activating group) is 1. The molecule has 2 aromatic rings. The number of hydrogen-bond acceptors (Lipinski definition) is 4. The molecule has 0 spiro atoms. The first-order chi connectivity index (χ1) is 14.8. The van der Waals surface area contributed by atoms with Crippen molar-refractivity contribution in [3.05, 3.63) is 70.3 Å². The van der Waals surface area contributed by atoms with Gasteiger partial charge in [-0.3, -0.25) is 24.1 Å².